The van der Waals surface area contributed by atoms with Gasteiger partial charge in [0.25, 0.3) is 0 Å². The van der Waals surface area contributed by atoms with Gasteiger partial charge in [0.2, 0.25) is 0 Å². The summed E-state index contributed by atoms with van der Waals surface area (Å²) >= 11 is 6.22. The van der Waals surface area contributed by atoms with Crippen LogP contribution >= 0.6 is 11.6 Å². The minimum atomic E-state index is 0.741. The summed E-state index contributed by atoms with van der Waals surface area (Å²) in [5.74, 6) is 0. The third-order valence-electron chi connectivity index (χ3n) is 4.97. The molecule has 3 aromatic rings. The number of benzodiazepines with no additional fused rings is 1. The number of pyridine rings is 1. The number of benzene rings is 2. The number of nitrogens with zero attached hydrogens (tertiary/aromatic N) is 3. The second-order valence-electron chi connectivity index (χ2n) is 7.02. The van der Waals surface area contributed by atoms with Gasteiger partial charge in [-0.1, -0.05) is 47.5 Å². The zero-order valence-electron chi connectivity index (χ0n) is 16.1. The summed E-state index contributed by atoms with van der Waals surface area (Å²) in [6.07, 6.45) is 7.93. The number of aliphatic imine (C=N–C) groups is 1. The molecule has 0 spiro atoms. The van der Waals surface area contributed by atoms with Gasteiger partial charge >= 0.3 is 0 Å². The van der Waals surface area contributed by atoms with Crippen LogP contribution in [0.15, 0.2) is 72.0 Å². The van der Waals surface area contributed by atoms with Crippen molar-refractivity contribution < 1.29 is 0 Å². The van der Waals surface area contributed by atoms with Crippen molar-refractivity contribution in [3.8, 4) is 11.1 Å². The molecule has 2 heterocycles. The van der Waals surface area contributed by atoms with E-state index in [4.69, 9.17) is 16.6 Å². The molecule has 140 valence electrons. The highest BCUT2D eigenvalue weighted by Crippen LogP contribution is 2.28. The summed E-state index contributed by atoms with van der Waals surface area (Å²) < 4.78 is 0. The first-order chi connectivity index (χ1) is 13.6. The van der Waals surface area contributed by atoms with Crippen molar-refractivity contribution in [3.05, 3.63) is 88.7 Å². The zero-order chi connectivity index (χ0) is 19.5. The first-order valence-electron chi connectivity index (χ1n) is 9.36. The highest BCUT2D eigenvalue weighted by Gasteiger charge is 2.15. The quantitative estimate of drug-likeness (QED) is 0.579. The number of aryl methyl sites for hydroxylation is 1. The van der Waals surface area contributed by atoms with Crippen LogP contribution in [0, 0.1) is 6.92 Å². The molecule has 1 aliphatic rings. The van der Waals surface area contributed by atoms with Crippen LogP contribution in [-0.2, 0) is 0 Å². The SMILES string of the molecule is Cc1cccc(-c2ccncc2/C=C/C2=NCCN(C)c3cc(Cl)ccc32)c1. The Bertz CT molecular complexity index is 1070. The lowest BCUT2D eigenvalue weighted by Gasteiger charge is -2.19. The van der Waals surface area contributed by atoms with Gasteiger partial charge in [-0.3, -0.25) is 9.98 Å². The Morgan fingerprint density at radius 1 is 1.04 bits per heavy atom. The Hall–Kier alpha value is -2.91. The maximum Gasteiger partial charge on any atom is 0.0668 e. The van der Waals surface area contributed by atoms with Crippen LogP contribution in [-0.4, -0.2) is 30.8 Å². The predicted molar refractivity (Wildman–Crippen MR) is 120 cm³/mol. The molecule has 1 aromatic heterocycles. The van der Waals surface area contributed by atoms with Crippen LogP contribution in [0.25, 0.3) is 17.2 Å². The predicted octanol–water partition coefficient (Wildman–Crippen LogP) is 5.66. The second-order valence-corrected chi connectivity index (χ2v) is 7.45. The Balaban J connectivity index is 1.73. The molecule has 0 radical (unpaired) electrons. The average molecular weight is 388 g/mol. The maximum absolute atomic E-state index is 6.22. The summed E-state index contributed by atoms with van der Waals surface area (Å²) in [6.45, 7) is 3.73. The van der Waals surface area contributed by atoms with Gasteiger partial charge in [-0.2, -0.15) is 0 Å². The fourth-order valence-corrected chi connectivity index (χ4v) is 3.66. The van der Waals surface area contributed by atoms with E-state index in [1.54, 1.807) is 0 Å². The van der Waals surface area contributed by atoms with Crippen molar-refractivity contribution in [3.63, 3.8) is 0 Å². The maximum atomic E-state index is 6.22. The van der Waals surface area contributed by atoms with Crippen LogP contribution in [0.1, 0.15) is 16.7 Å². The van der Waals surface area contributed by atoms with Gasteiger partial charge in [-0.25, -0.2) is 0 Å². The van der Waals surface area contributed by atoms with Crippen LogP contribution in [0.4, 0.5) is 5.69 Å². The van der Waals surface area contributed by atoms with E-state index in [2.05, 4.69) is 66.3 Å². The largest absolute Gasteiger partial charge is 0.372 e. The number of fused-ring (bicyclic) bond motifs is 1. The molecular formula is C24H22ClN3. The topological polar surface area (TPSA) is 28.5 Å². The second kappa shape index (κ2) is 7.99. The summed E-state index contributed by atoms with van der Waals surface area (Å²) in [5.41, 5.74) is 7.85. The molecule has 3 nitrogen and oxygen atoms in total. The minimum Gasteiger partial charge on any atom is -0.372 e. The number of aromatic nitrogens is 1. The molecular weight excluding hydrogens is 366 g/mol. The van der Waals surface area contributed by atoms with E-state index in [0.29, 0.717) is 0 Å². The van der Waals surface area contributed by atoms with E-state index in [9.17, 15) is 0 Å². The lowest BCUT2D eigenvalue weighted by molar-refractivity contribution is 0.897. The number of allylic oxidation sites excluding steroid dienone is 1. The van der Waals surface area contributed by atoms with Gasteiger partial charge in [0.15, 0.2) is 0 Å². The summed E-state index contributed by atoms with van der Waals surface area (Å²) in [6, 6.07) is 16.6. The third kappa shape index (κ3) is 3.85. The molecule has 28 heavy (non-hydrogen) atoms. The third-order valence-corrected chi connectivity index (χ3v) is 5.20. The van der Waals surface area contributed by atoms with Gasteiger partial charge in [0.1, 0.15) is 0 Å². The normalized spacial score (nSPS) is 14.0. The van der Waals surface area contributed by atoms with Gasteiger partial charge in [0, 0.05) is 47.8 Å². The van der Waals surface area contributed by atoms with Gasteiger partial charge in [-0.15, -0.1) is 0 Å². The van der Waals surface area contributed by atoms with Crippen molar-refractivity contribution >= 4 is 29.1 Å². The van der Waals surface area contributed by atoms with E-state index in [1.165, 1.54) is 11.1 Å². The standard InChI is InChI=1S/C24H22ClN3/c1-17-4-3-5-18(14-17)21-10-11-26-16-19(21)6-9-23-22-8-7-20(25)15-24(22)28(2)13-12-27-23/h3-11,14-16H,12-13H2,1-2H3/b9-6+. The fraction of sp³-hybridized carbons (Fsp3) is 0.167. The highest BCUT2D eigenvalue weighted by molar-refractivity contribution is 6.31. The van der Waals surface area contributed by atoms with E-state index in [1.807, 2.05) is 30.6 Å². The first kappa shape index (κ1) is 18.5. The fourth-order valence-electron chi connectivity index (χ4n) is 3.49. The number of halogens is 1. The van der Waals surface area contributed by atoms with Crippen molar-refractivity contribution in [1.82, 2.24) is 4.98 Å². The number of hydrogen-bond donors (Lipinski definition) is 0. The molecule has 2 aromatic carbocycles. The van der Waals surface area contributed by atoms with Crippen molar-refractivity contribution in [2.45, 2.75) is 6.92 Å². The van der Waals surface area contributed by atoms with Gasteiger partial charge < -0.3 is 4.90 Å². The molecule has 0 aliphatic carbocycles. The molecule has 0 amide bonds. The Labute approximate surface area is 171 Å². The van der Waals surface area contributed by atoms with Crippen LogP contribution in [0.2, 0.25) is 5.02 Å². The van der Waals surface area contributed by atoms with E-state index in [-0.39, 0.29) is 0 Å². The number of anilines is 1. The molecule has 4 heteroatoms. The van der Waals surface area contributed by atoms with Gasteiger partial charge in [-0.05, 0) is 48.4 Å². The van der Waals surface area contributed by atoms with Crippen LogP contribution in [0.3, 0.4) is 0 Å². The number of hydrogen-bond acceptors (Lipinski definition) is 3. The molecule has 1 aliphatic heterocycles. The smallest absolute Gasteiger partial charge is 0.0668 e. The molecule has 0 saturated carbocycles. The molecule has 0 atom stereocenters. The average Bonchev–Trinajstić information content (AvgIpc) is 2.85. The Morgan fingerprint density at radius 2 is 1.93 bits per heavy atom. The number of likely N-dealkylation sites (N-methyl/N-ethyl adjacent to an activating group) is 1. The summed E-state index contributed by atoms with van der Waals surface area (Å²) in [7, 11) is 2.08. The van der Waals surface area contributed by atoms with E-state index in [0.717, 1.165) is 46.2 Å². The van der Waals surface area contributed by atoms with Crippen molar-refractivity contribution in [2.24, 2.45) is 4.99 Å². The Kier molecular flexibility index (Phi) is 5.27. The molecule has 0 fully saturated rings. The van der Waals surface area contributed by atoms with Crippen molar-refractivity contribution in [2.75, 3.05) is 25.0 Å². The van der Waals surface area contributed by atoms with Crippen molar-refractivity contribution in [1.29, 1.82) is 0 Å². The molecule has 0 saturated heterocycles. The summed E-state index contributed by atoms with van der Waals surface area (Å²) in [5, 5.41) is 0.741. The zero-order valence-corrected chi connectivity index (χ0v) is 16.8. The number of rotatable bonds is 3. The van der Waals surface area contributed by atoms with Crippen LogP contribution < -0.4 is 4.90 Å². The molecule has 0 N–H and O–H groups in total. The lowest BCUT2D eigenvalue weighted by Crippen LogP contribution is -2.20. The lowest BCUT2D eigenvalue weighted by atomic mass is 9.99. The van der Waals surface area contributed by atoms with E-state index >= 15 is 0 Å². The summed E-state index contributed by atoms with van der Waals surface area (Å²) in [4.78, 5) is 11.3. The van der Waals surface area contributed by atoms with E-state index < -0.39 is 0 Å². The highest BCUT2D eigenvalue weighted by atomic mass is 35.5. The monoisotopic (exact) mass is 387 g/mol. The van der Waals surface area contributed by atoms with Gasteiger partial charge in [0.05, 0.1) is 12.3 Å². The first-order valence-corrected chi connectivity index (χ1v) is 9.74. The molecule has 4 rings (SSSR count). The molecule has 0 unspecified atom stereocenters. The van der Waals surface area contributed by atoms with Crippen LogP contribution in [0.5, 0.6) is 0 Å². The molecule has 0 bridgehead atoms. The minimum absolute atomic E-state index is 0.741. The Morgan fingerprint density at radius 3 is 2.79 bits per heavy atom.